The van der Waals surface area contributed by atoms with Crippen LogP contribution in [0.15, 0.2) is 30.3 Å². The van der Waals surface area contributed by atoms with E-state index in [0.717, 1.165) is 43.2 Å². The van der Waals surface area contributed by atoms with Gasteiger partial charge in [-0.2, -0.15) is 5.10 Å². The molecule has 2 aliphatic rings. The van der Waals surface area contributed by atoms with Crippen LogP contribution in [0.2, 0.25) is 0 Å². The van der Waals surface area contributed by atoms with Crippen molar-refractivity contribution in [2.24, 2.45) is 5.92 Å². The average molecular weight is 407 g/mol. The third kappa shape index (κ3) is 3.14. The smallest absolute Gasteiger partial charge is 0.258 e. The molecule has 0 radical (unpaired) electrons. The molecule has 0 saturated heterocycles. The Morgan fingerprint density at radius 3 is 2.63 bits per heavy atom. The number of halogens is 1. The number of aromatic hydroxyl groups is 1. The van der Waals surface area contributed by atoms with E-state index in [1.165, 1.54) is 18.2 Å². The van der Waals surface area contributed by atoms with Crippen LogP contribution in [-0.2, 0) is 13.1 Å². The van der Waals surface area contributed by atoms with Crippen LogP contribution in [-0.4, -0.2) is 31.9 Å². The van der Waals surface area contributed by atoms with Gasteiger partial charge in [0.15, 0.2) is 5.78 Å². The summed E-state index contributed by atoms with van der Waals surface area (Å²) in [5, 5.41) is 18.0. The minimum Gasteiger partial charge on any atom is -0.507 e. The van der Waals surface area contributed by atoms with E-state index in [2.05, 4.69) is 10.2 Å². The van der Waals surface area contributed by atoms with Gasteiger partial charge in [0.05, 0.1) is 11.1 Å². The lowest BCUT2D eigenvalue weighted by molar-refractivity contribution is 0.0748. The number of amides is 1. The Kier molecular flexibility index (Phi) is 4.53. The molecule has 1 fully saturated rings. The summed E-state index contributed by atoms with van der Waals surface area (Å²) in [7, 11) is 0. The average Bonchev–Trinajstić information content (AvgIpc) is 3.36. The number of benzene rings is 2. The number of hydrogen-bond donors (Lipinski definition) is 2. The lowest BCUT2D eigenvalue weighted by Gasteiger charge is -2.19. The molecule has 3 aromatic rings. The van der Waals surface area contributed by atoms with Gasteiger partial charge < -0.3 is 10.0 Å². The Morgan fingerprint density at radius 2 is 1.83 bits per heavy atom. The van der Waals surface area contributed by atoms with E-state index in [1.807, 2.05) is 0 Å². The van der Waals surface area contributed by atoms with Crippen LogP contribution in [0, 0.1) is 11.7 Å². The molecule has 1 aliphatic heterocycles. The SMILES string of the molecule is O=C(c1n[nH]c2cc(O)c(C(=O)N3Cc4ccc(F)cc4C3)cc12)C1CCCCC1. The molecule has 2 aromatic carbocycles. The molecule has 1 amide bonds. The number of nitrogens with one attached hydrogen (secondary N) is 1. The number of aromatic nitrogens is 2. The van der Waals surface area contributed by atoms with Crippen LogP contribution in [0.3, 0.4) is 0 Å². The van der Waals surface area contributed by atoms with Crippen molar-refractivity contribution in [3.8, 4) is 5.75 Å². The van der Waals surface area contributed by atoms with Gasteiger partial charge in [-0.1, -0.05) is 25.3 Å². The first kappa shape index (κ1) is 18.8. The van der Waals surface area contributed by atoms with Crippen molar-refractivity contribution in [1.82, 2.24) is 15.1 Å². The minimum absolute atomic E-state index is 0.00547. The first-order valence-electron chi connectivity index (χ1n) is 10.3. The van der Waals surface area contributed by atoms with E-state index in [1.54, 1.807) is 17.0 Å². The van der Waals surface area contributed by atoms with Gasteiger partial charge in [0.2, 0.25) is 0 Å². The number of aromatic amines is 1. The van der Waals surface area contributed by atoms with Crippen molar-refractivity contribution in [3.63, 3.8) is 0 Å². The van der Waals surface area contributed by atoms with E-state index in [4.69, 9.17) is 0 Å². The van der Waals surface area contributed by atoms with Crippen molar-refractivity contribution < 1.29 is 19.1 Å². The highest BCUT2D eigenvalue weighted by molar-refractivity contribution is 6.10. The standard InChI is InChI=1S/C23H22FN3O3/c24-16-7-6-14-11-27(12-15(14)8-16)23(30)18-9-17-19(10-20(18)28)25-26-21(17)22(29)13-4-2-1-3-5-13/h6-10,13,28H,1-5,11-12H2,(H,25,26). The number of Topliss-reactive ketones (excluding diaryl/α,β-unsaturated/α-hetero) is 1. The molecule has 5 rings (SSSR count). The molecule has 1 aliphatic carbocycles. The number of nitrogens with zero attached hydrogens (tertiary/aromatic N) is 2. The largest absolute Gasteiger partial charge is 0.507 e. The molecular weight excluding hydrogens is 385 g/mol. The monoisotopic (exact) mass is 407 g/mol. The molecule has 1 aromatic heterocycles. The van der Waals surface area contributed by atoms with Crippen LogP contribution >= 0.6 is 0 Å². The topological polar surface area (TPSA) is 86.3 Å². The summed E-state index contributed by atoms with van der Waals surface area (Å²) >= 11 is 0. The van der Waals surface area contributed by atoms with E-state index in [-0.39, 0.29) is 41.3 Å². The highest BCUT2D eigenvalue weighted by atomic mass is 19.1. The predicted octanol–water partition coefficient (Wildman–Crippen LogP) is 4.33. The number of rotatable bonds is 3. The lowest BCUT2D eigenvalue weighted by atomic mass is 9.84. The third-order valence-corrected chi connectivity index (χ3v) is 6.30. The molecule has 0 atom stereocenters. The van der Waals surface area contributed by atoms with Crippen LogP contribution in [0.1, 0.15) is 64.1 Å². The molecule has 7 heteroatoms. The molecule has 1 saturated carbocycles. The van der Waals surface area contributed by atoms with Crippen molar-refractivity contribution in [1.29, 1.82) is 0 Å². The van der Waals surface area contributed by atoms with Gasteiger partial charge in [-0.15, -0.1) is 0 Å². The Hall–Kier alpha value is -3.22. The fourth-order valence-electron chi connectivity index (χ4n) is 4.65. The van der Waals surface area contributed by atoms with Gasteiger partial charge in [0, 0.05) is 30.5 Å². The fourth-order valence-corrected chi connectivity index (χ4v) is 4.65. The van der Waals surface area contributed by atoms with Crippen LogP contribution < -0.4 is 0 Å². The molecule has 2 heterocycles. The van der Waals surface area contributed by atoms with Gasteiger partial charge in [0.1, 0.15) is 17.3 Å². The fraction of sp³-hybridized carbons (Fsp3) is 0.348. The van der Waals surface area contributed by atoms with Crippen LogP contribution in [0.25, 0.3) is 10.9 Å². The molecular formula is C23H22FN3O3. The van der Waals surface area contributed by atoms with Crippen molar-refractivity contribution >= 4 is 22.6 Å². The highest BCUT2D eigenvalue weighted by Gasteiger charge is 2.29. The summed E-state index contributed by atoms with van der Waals surface area (Å²) in [5.41, 5.74) is 2.63. The number of hydrogen-bond acceptors (Lipinski definition) is 4. The van der Waals surface area contributed by atoms with Gasteiger partial charge in [-0.05, 0) is 42.2 Å². The Labute approximate surface area is 172 Å². The molecule has 0 bridgehead atoms. The second kappa shape index (κ2) is 7.23. The third-order valence-electron chi connectivity index (χ3n) is 6.30. The number of phenolic OH excluding ortho intramolecular Hbond substituents is 1. The number of carbonyl (C=O) groups excluding carboxylic acids is 2. The number of H-pyrrole nitrogens is 1. The molecule has 154 valence electrons. The van der Waals surface area contributed by atoms with E-state index >= 15 is 0 Å². The summed E-state index contributed by atoms with van der Waals surface area (Å²) in [6.07, 6.45) is 4.96. The quantitative estimate of drug-likeness (QED) is 0.633. The van der Waals surface area contributed by atoms with E-state index in [0.29, 0.717) is 23.1 Å². The normalized spacial score (nSPS) is 16.8. The van der Waals surface area contributed by atoms with Gasteiger partial charge in [0.25, 0.3) is 5.91 Å². The zero-order valence-corrected chi connectivity index (χ0v) is 16.4. The Bertz CT molecular complexity index is 1160. The maximum Gasteiger partial charge on any atom is 0.258 e. The zero-order valence-electron chi connectivity index (χ0n) is 16.4. The second-order valence-electron chi connectivity index (χ2n) is 8.26. The zero-order chi connectivity index (χ0) is 20.8. The van der Waals surface area contributed by atoms with Crippen LogP contribution in [0.5, 0.6) is 5.75 Å². The number of carbonyl (C=O) groups is 2. The number of phenols is 1. The summed E-state index contributed by atoms with van der Waals surface area (Å²) in [6, 6.07) is 7.48. The predicted molar refractivity (Wildman–Crippen MR) is 109 cm³/mol. The molecule has 0 spiro atoms. The van der Waals surface area contributed by atoms with Gasteiger partial charge in [-0.25, -0.2) is 4.39 Å². The maximum absolute atomic E-state index is 13.5. The summed E-state index contributed by atoms with van der Waals surface area (Å²) < 4.78 is 13.5. The number of fused-ring (bicyclic) bond motifs is 2. The number of ketones is 1. The second-order valence-corrected chi connectivity index (χ2v) is 8.26. The van der Waals surface area contributed by atoms with E-state index in [9.17, 15) is 19.1 Å². The van der Waals surface area contributed by atoms with Crippen LogP contribution in [0.4, 0.5) is 4.39 Å². The van der Waals surface area contributed by atoms with Crippen molar-refractivity contribution in [2.45, 2.75) is 45.2 Å². The first-order chi connectivity index (χ1) is 14.5. The Morgan fingerprint density at radius 1 is 1.07 bits per heavy atom. The van der Waals surface area contributed by atoms with Gasteiger partial charge in [-0.3, -0.25) is 14.7 Å². The minimum atomic E-state index is -0.358. The summed E-state index contributed by atoms with van der Waals surface area (Å²) in [5.74, 6) is -0.912. The lowest BCUT2D eigenvalue weighted by Crippen LogP contribution is -2.25. The van der Waals surface area contributed by atoms with E-state index < -0.39 is 0 Å². The maximum atomic E-state index is 13.5. The van der Waals surface area contributed by atoms with Crippen molar-refractivity contribution in [3.05, 3.63) is 58.5 Å². The molecule has 6 nitrogen and oxygen atoms in total. The summed E-state index contributed by atoms with van der Waals surface area (Å²) in [4.78, 5) is 27.7. The molecule has 30 heavy (non-hydrogen) atoms. The Balaban J connectivity index is 1.47. The highest BCUT2D eigenvalue weighted by Crippen LogP contribution is 2.33. The van der Waals surface area contributed by atoms with Gasteiger partial charge >= 0.3 is 0 Å². The summed E-state index contributed by atoms with van der Waals surface area (Å²) in [6.45, 7) is 0.633. The molecule has 0 unspecified atom stereocenters. The first-order valence-corrected chi connectivity index (χ1v) is 10.3. The van der Waals surface area contributed by atoms with Crippen molar-refractivity contribution in [2.75, 3.05) is 0 Å². The molecule has 2 N–H and O–H groups in total.